The molecular weight excluding hydrogens is 306 g/mol. The van der Waals surface area contributed by atoms with Gasteiger partial charge in [0, 0.05) is 25.8 Å². The van der Waals surface area contributed by atoms with Gasteiger partial charge in [-0.3, -0.25) is 14.6 Å². The number of nitrogens with zero attached hydrogens (tertiary/aromatic N) is 3. The Bertz CT molecular complexity index is 776. The number of carbonyl (C=O) groups is 2. The Morgan fingerprint density at radius 2 is 2.08 bits per heavy atom. The lowest BCUT2D eigenvalue weighted by Crippen LogP contribution is -2.51. The van der Waals surface area contributed by atoms with Gasteiger partial charge in [0.15, 0.2) is 0 Å². The number of rotatable bonds is 3. The lowest BCUT2D eigenvalue weighted by atomic mass is 10.1. The molecule has 2 heterocycles. The van der Waals surface area contributed by atoms with Crippen LogP contribution in [0.15, 0.2) is 42.7 Å². The van der Waals surface area contributed by atoms with E-state index in [0.29, 0.717) is 19.6 Å². The Morgan fingerprint density at radius 3 is 2.79 bits per heavy atom. The van der Waals surface area contributed by atoms with Crippen LogP contribution < -0.4 is 0 Å². The fourth-order valence-electron chi connectivity index (χ4n) is 2.81. The number of piperazine rings is 1. The van der Waals surface area contributed by atoms with Crippen molar-refractivity contribution in [1.82, 2.24) is 14.8 Å². The first-order chi connectivity index (χ1) is 11.5. The molecule has 0 bridgehead atoms. The van der Waals surface area contributed by atoms with E-state index in [1.54, 1.807) is 4.90 Å². The Morgan fingerprint density at radius 1 is 1.25 bits per heavy atom. The highest BCUT2D eigenvalue weighted by Gasteiger charge is 2.28. The summed E-state index contributed by atoms with van der Waals surface area (Å²) < 4.78 is 0. The molecule has 0 aliphatic carbocycles. The zero-order valence-electron chi connectivity index (χ0n) is 13.5. The number of aromatic nitrogens is 1. The van der Waals surface area contributed by atoms with Crippen LogP contribution in [0.4, 0.5) is 0 Å². The van der Waals surface area contributed by atoms with Crippen LogP contribution in [0.3, 0.4) is 0 Å². The van der Waals surface area contributed by atoms with Gasteiger partial charge in [0.25, 0.3) is 5.91 Å². The Hall–Kier alpha value is -2.89. The SMILES string of the molecule is Cc1cccc(CN2CCN(C(=O)c3cncc(O)c3)CC2=O)c1. The van der Waals surface area contributed by atoms with E-state index in [0.717, 1.165) is 11.1 Å². The van der Waals surface area contributed by atoms with Gasteiger partial charge in [0.2, 0.25) is 5.91 Å². The molecule has 124 valence electrons. The van der Waals surface area contributed by atoms with Crippen molar-refractivity contribution in [2.45, 2.75) is 13.5 Å². The third kappa shape index (κ3) is 3.53. The summed E-state index contributed by atoms with van der Waals surface area (Å²) >= 11 is 0. The maximum Gasteiger partial charge on any atom is 0.256 e. The number of aromatic hydroxyl groups is 1. The number of amides is 2. The maximum absolute atomic E-state index is 12.4. The molecule has 0 radical (unpaired) electrons. The van der Waals surface area contributed by atoms with Gasteiger partial charge in [-0.05, 0) is 18.6 Å². The first kappa shape index (κ1) is 16.0. The Kier molecular flexibility index (Phi) is 4.46. The number of hydrogen-bond acceptors (Lipinski definition) is 4. The lowest BCUT2D eigenvalue weighted by molar-refractivity contribution is -0.135. The van der Waals surface area contributed by atoms with Crippen LogP contribution in [0.2, 0.25) is 0 Å². The minimum atomic E-state index is -0.290. The zero-order chi connectivity index (χ0) is 17.1. The third-order valence-corrected chi connectivity index (χ3v) is 4.03. The van der Waals surface area contributed by atoms with E-state index in [1.165, 1.54) is 23.4 Å². The van der Waals surface area contributed by atoms with Gasteiger partial charge < -0.3 is 14.9 Å². The molecule has 3 rings (SSSR count). The molecule has 0 unspecified atom stereocenters. The van der Waals surface area contributed by atoms with Gasteiger partial charge in [0.05, 0.1) is 11.8 Å². The highest BCUT2D eigenvalue weighted by Crippen LogP contribution is 2.15. The Balaban J connectivity index is 1.65. The number of carbonyl (C=O) groups excluding carboxylic acids is 2. The van der Waals surface area contributed by atoms with Crippen LogP contribution in [-0.4, -0.2) is 51.3 Å². The summed E-state index contributed by atoms with van der Waals surface area (Å²) in [6.45, 7) is 3.57. The smallest absolute Gasteiger partial charge is 0.256 e. The topological polar surface area (TPSA) is 73.7 Å². The average molecular weight is 325 g/mol. The van der Waals surface area contributed by atoms with Gasteiger partial charge in [-0.2, -0.15) is 0 Å². The molecule has 6 heteroatoms. The van der Waals surface area contributed by atoms with Gasteiger partial charge in [-0.25, -0.2) is 0 Å². The molecule has 0 atom stereocenters. The van der Waals surface area contributed by atoms with Crippen molar-refractivity contribution in [2.24, 2.45) is 0 Å². The second-order valence-electron chi connectivity index (χ2n) is 5.96. The quantitative estimate of drug-likeness (QED) is 0.930. The fraction of sp³-hybridized carbons (Fsp3) is 0.278. The molecule has 0 saturated carbocycles. The van der Waals surface area contributed by atoms with Crippen LogP contribution in [-0.2, 0) is 11.3 Å². The highest BCUT2D eigenvalue weighted by molar-refractivity contribution is 5.97. The standard InChI is InChI=1S/C18H19N3O3/c1-13-3-2-4-14(7-13)11-20-5-6-21(12-17(20)23)18(24)15-8-16(22)10-19-9-15/h2-4,7-10,22H,5-6,11-12H2,1H3. The molecule has 2 aromatic rings. The van der Waals surface area contributed by atoms with E-state index in [-0.39, 0.29) is 29.7 Å². The molecule has 2 amide bonds. The van der Waals surface area contributed by atoms with E-state index in [2.05, 4.69) is 11.1 Å². The van der Waals surface area contributed by atoms with E-state index >= 15 is 0 Å². The third-order valence-electron chi connectivity index (χ3n) is 4.03. The van der Waals surface area contributed by atoms with Crippen molar-refractivity contribution in [3.63, 3.8) is 0 Å². The van der Waals surface area contributed by atoms with Crippen LogP contribution in [0.1, 0.15) is 21.5 Å². The van der Waals surface area contributed by atoms with E-state index in [4.69, 9.17) is 0 Å². The predicted octanol–water partition coefficient (Wildman–Crippen LogP) is 1.58. The predicted molar refractivity (Wildman–Crippen MR) is 88.4 cm³/mol. The van der Waals surface area contributed by atoms with Crippen molar-refractivity contribution >= 4 is 11.8 Å². The van der Waals surface area contributed by atoms with Gasteiger partial charge in [-0.15, -0.1) is 0 Å². The molecule has 24 heavy (non-hydrogen) atoms. The average Bonchev–Trinajstić information content (AvgIpc) is 2.56. The first-order valence-corrected chi connectivity index (χ1v) is 7.79. The van der Waals surface area contributed by atoms with E-state index < -0.39 is 0 Å². The summed E-state index contributed by atoms with van der Waals surface area (Å²) in [5, 5.41) is 9.43. The Labute approximate surface area is 140 Å². The minimum absolute atomic E-state index is 0.0420. The molecule has 1 aromatic carbocycles. The number of pyridine rings is 1. The molecule has 1 aliphatic rings. The van der Waals surface area contributed by atoms with Crippen LogP contribution >= 0.6 is 0 Å². The summed E-state index contributed by atoms with van der Waals surface area (Å²) in [4.78, 5) is 31.8. The molecule has 6 nitrogen and oxygen atoms in total. The van der Waals surface area contributed by atoms with Crippen LogP contribution in [0, 0.1) is 6.92 Å². The molecule has 1 aromatic heterocycles. The molecule has 1 saturated heterocycles. The largest absolute Gasteiger partial charge is 0.506 e. The molecule has 1 fully saturated rings. The van der Waals surface area contributed by atoms with E-state index in [9.17, 15) is 14.7 Å². The van der Waals surface area contributed by atoms with Crippen molar-refractivity contribution in [3.8, 4) is 5.75 Å². The second-order valence-corrected chi connectivity index (χ2v) is 5.96. The lowest BCUT2D eigenvalue weighted by Gasteiger charge is -2.34. The molecule has 1 N–H and O–H groups in total. The molecular formula is C18H19N3O3. The maximum atomic E-state index is 12.4. The van der Waals surface area contributed by atoms with Gasteiger partial charge in [-0.1, -0.05) is 29.8 Å². The minimum Gasteiger partial charge on any atom is -0.506 e. The molecule has 0 spiro atoms. The number of hydrogen-bond donors (Lipinski definition) is 1. The van der Waals surface area contributed by atoms with Crippen molar-refractivity contribution in [3.05, 3.63) is 59.4 Å². The summed E-state index contributed by atoms with van der Waals surface area (Å²) in [7, 11) is 0. The van der Waals surface area contributed by atoms with E-state index in [1.807, 2.05) is 25.1 Å². The van der Waals surface area contributed by atoms with Crippen LogP contribution in [0.25, 0.3) is 0 Å². The fourth-order valence-corrected chi connectivity index (χ4v) is 2.81. The number of aryl methyl sites for hydroxylation is 1. The normalized spacial score (nSPS) is 14.8. The summed E-state index contributed by atoms with van der Waals surface area (Å²) in [6.07, 6.45) is 2.66. The first-order valence-electron chi connectivity index (χ1n) is 7.79. The second kappa shape index (κ2) is 6.70. The van der Waals surface area contributed by atoms with Crippen LogP contribution in [0.5, 0.6) is 5.75 Å². The summed E-state index contributed by atoms with van der Waals surface area (Å²) in [5.74, 6) is -0.434. The monoisotopic (exact) mass is 325 g/mol. The van der Waals surface area contributed by atoms with Crippen molar-refractivity contribution < 1.29 is 14.7 Å². The van der Waals surface area contributed by atoms with Gasteiger partial charge in [0.1, 0.15) is 12.3 Å². The van der Waals surface area contributed by atoms with Gasteiger partial charge >= 0.3 is 0 Å². The molecule has 1 aliphatic heterocycles. The van der Waals surface area contributed by atoms with Crippen molar-refractivity contribution in [1.29, 1.82) is 0 Å². The van der Waals surface area contributed by atoms with Crippen molar-refractivity contribution in [2.75, 3.05) is 19.6 Å². The highest BCUT2D eigenvalue weighted by atomic mass is 16.3. The number of benzene rings is 1. The summed E-state index contributed by atoms with van der Waals surface area (Å²) in [5.41, 5.74) is 2.53. The zero-order valence-corrected chi connectivity index (χ0v) is 13.5. The summed E-state index contributed by atoms with van der Waals surface area (Å²) in [6, 6.07) is 9.41.